The van der Waals surface area contributed by atoms with E-state index in [1.165, 1.54) is 0 Å². The van der Waals surface area contributed by atoms with Crippen LogP contribution in [-0.4, -0.2) is 23.7 Å². The summed E-state index contributed by atoms with van der Waals surface area (Å²) in [6.45, 7) is 2.38. The molecule has 0 bridgehead atoms. The molecule has 14 heavy (non-hydrogen) atoms. The van der Waals surface area contributed by atoms with Gasteiger partial charge in [0.2, 0.25) is 5.88 Å². The van der Waals surface area contributed by atoms with Crippen LogP contribution in [0.15, 0.2) is 22.8 Å². The van der Waals surface area contributed by atoms with Gasteiger partial charge < -0.3 is 9.47 Å². The first-order valence-corrected chi connectivity index (χ1v) is 4.87. The third-order valence-electron chi connectivity index (χ3n) is 1.43. The van der Waals surface area contributed by atoms with E-state index in [9.17, 15) is 0 Å². The van der Waals surface area contributed by atoms with E-state index in [0.29, 0.717) is 23.0 Å². The quantitative estimate of drug-likeness (QED) is 0.777. The van der Waals surface area contributed by atoms with Crippen LogP contribution in [-0.2, 0) is 0 Å². The highest BCUT2D eigenvalue weighted by molar-refractivity contribution is 9.10. The first-order valence-electron chi connectivity index (χ1n) is 4.08. The Morgan fingerprint density at radius 3 is 3.00 bits per heavy atom. The molecule has 5 heteroatoms. The molecular formula is C9H11BrN2O2. The minimum absolute atomic E-state index is 0.308. The molecule has 76 valence electrons. The molecule has 0 unspecified atom stereocenters. The van der Waals surface area contributed by atoms with Crippen molar-refractivity contribution in [1.29, 1.82) is 0 Å². The number of aromatic nitrogens is 2. The summed E-state index contributed by atoms with van der Waals surface area (Å²) in [5.41, 5.74) is 0. The van der Waals surface area contributed by atoms with Gasteiger partial charge in [0.15, 0.2) is 0 Å². The Kier molecular flexibility index (Phi) is 4.39. The number of ether oxygens (including phenoxy) is 2. The van der Waals surface area contributed by atoms with E-state index >= 15 is 0 Å². The molecule has 0 aliphatic rings. The predicted molar refractivity (Wildman–Crippen MR) is 56.6 cm³/mol. The maximum absolute atomic E-state index is 5.23. The molecule has 0 radical (unpaired) electrons. The van der Waals surface area contributed by atoms with Gasteiger partial charge in [0.1, 0.15) is 6.61 Å². The fraction of sp³-hybridized carbons (Fsp3) is 0.333. The Labute approximate surface area is 91.1 Å². The van der Waals surface area contributed by atoms with Crippen molar-refractivity contribution in [1.82, 2.24) is 9.97 Å². The van der Waals surface area contributed by atoms with Crippen LogP contribution < -0.4 is 9.47 Å². The highest BCUT2D eigenvalue weighted by Crippen LogP contribution is 2.22. The van der Waals surface area contributed by atoms with Gasteiger partial charge in [-0.05, 0) is 22.9 Å². The lowest BCUT2D eigenvalue weighted by molar-refractivity contribution is 0.318. The summed E-state index contributed by atoms with van der Waals surface area (Å²) < 4.78 is 10.9. The summed E-state index contributed by atoms with van der Waals surface area (Å²) in [4.78, 5) is 7.99. The molecule has 1 heterocycles. The molecule has 0 fully saturated rings. The predicted octanol–water partition coefficient (Wildman–Crippen LogP) is 2.20. The molecule has 0 saturated carbocycles. The molecule has 0 amide bonds. The lowest BCUT2D eigenvalue weighted by Crippen LogP contribution is -2.00. The molecule has 0 aliphatic carbocycles. The van der Waals surface area contributed by atoms with Crippen molar-refractivity contribution in [3.63, 3.8) is 0 Å². The Bertz CT molecular complexity index is 329. The summed E-state index contributed by atoms with van der Waals surface area (Å²) >= 11 is 3.25. The second-order valence-electron chi connectivity index (χ2n) is 2.39. The molecular weight excluding hydrogens is 248 g/mol. The van der Waals surface area contributed by atoms with Gasteiger partial charge in [0.25, 0.3) is 0 Å². The highest BCUT2D eigenvalue weighted by atomic mass is 79.9. The largest absolute Gasteiger partial charge is 0.480 e. The van der Waals surface area contributed by atoms with Crippen LogP contribution in [0.1, 0.15) is 6.92 Å². The number of hydrogen-bond donors (Lipinski definition) is 0. The van der Waals surface area contributed by atoms with Crippen molar-refractivity contribution >= 4 is 15.9 Å². The van der Waals surface area contributed by atoms with E-state index in [4.69, 9.17) is 9.47 Å². The first kappa shape index (κ1) is 11.0. The standard InChI is InChI=1S/C9H11BrN2O2/c1-3-4-5-14-9-11-6-7(10)8(12-9)13-2/h3-4,6H,5H2,1-2H3/b4-3+. The van der Waals surface area contributed by atoms with E-state index in [0.717, 1.165) is 0 Å². The Morgan fingerprint density at radius 2 is 2.36 bits per heavy atom. The summed E-state index contributed by atoms with van der Waals surface area (Å²) in [6.07, 6.45) is 5.37. The van der Waals surface area contributed by atoms with Crippen LogP contribution >= 0.6 is 15.9 Å². The van der Waals surface area contributed by atoms with Crippen molar-refractivity contribution in [2.75, 3.05) is 13.7 Å². The van der Waals surface area contributed by atoms with Gasteiger partial charge >= 0.3 is 6.01 Å². The molecule has 1 aromatic heterocycles. The van der Waals surface area contributed by atoms with E-state index in [1.807, 2.05) is 19.1 Å². The van der Waals surface area contributed by atoms with Crippen LogP contribution in [0.25, 0.3) is 0 Å². The zero-order valence-corrected chi connectivity index (χ0v) is 9.61. The number of rotatable bonds is 4. The molecule has 0 atom stereocenters. The zero-order valence-electron chi connectivity index (χ0n) is 8.03. The summed E-state index contributed by atoms with van der Waals surface area (Å²) in [5, 5.41) is 0. The fourth-order valence-corrected chi connectivity index (χ4v) is 1.12. The van der Waals surface area contributed by atoms with E-state index in [-0.39, 0.29) is 0 Å². The third-order valence-corrected chi connectivity index (χ3v) is 1.97. The second kappa shape index (κ2) is 5.59. The van der Waals surface area contributed by atoms with Gasteiger partial charge in [-0.3, -0.25) is 0 Å². The first-order chi connectivity index (χ1) is 6.77. The van der Waals surface area contributed by atoms with Crippen molar-refractivity contribution in [2.45, 2.75) is 6.92 Å². The van der Waals surface area contributed by atoms with Gasteiger partial charge in [-0.25, -0.2) is 4.98 Å². The molecule has 0 spiro atoms. The fourth-order valence-electron chi connectivity index (χ4n) is 0.768. The monoisotopic (exact) mass is 258 g/mol. The summed E-state index contributed by atoms with van der Waals surface area (Å²) in [6, 6.07) is 0.308. The van der Waals surface area contributed by atoms with Crippen molar-refractivity contribution in [3.8, 4) is 11.9 Å². The maximum Gasteiger partial charge on any atom is 0.320 e. The number of allylic oxidation sites excluding steroid dienone is 1. The number of methoxy groups -OCH3 is 1. The Balaban J connectivity index is 2.69. The Hall–Kier alpha value is -1.10. The number of halogens is 1. The average Bonchev–Trinajstić information content (AvgIpc) is 2.21. The molecule has 0 N–H and O–H groups in total. The second-order valence-corrected chi connectivity index (χ2v) is 3.24. The maximum atomic E-state index is 5.23. The summed E-state index contributed by atoms with van der Waals surface area (Å²) in [5.74, 6) is 0.468. The van der Waals surface area contributed by atoms with Crippen molar-refractivity contribution in [2.24, 2.45) is 0 Å². The van der Waals surface area contributed by atoms with E-state index in [1.54, 1.807) is 13.3 Å². The molecule has 4 nitrogen and oxygen atoms in total. The van der Waals surface area contributed by atoms with Crippen LogP contribution in [0.2, 0.25) is 0 Å². The van der Waals surface area contributed by atoms with Crippen molar-refractivity contribution < 1.29 is 9.47 Å². The summed E-state index contributed by atoms with van der Waals surface area (Å²) in [7, 11) is 1.54. The Morgan fingerprint density at radius 1 is 1.57 bits per heavy atom. The van der Waals surface area contributed by atoms with E-state index in [2.05, 4.69) is 25.9 Å². The molecule has 0 saturated heterocycles. The zero-order chi connectivity index (χ0) is 10.4. The minimum atomic E-state index is 0.308. The van der Waals surface area contributed by atoms with Gasteiger partial charge in [-0.2, -0.15) is 4.98 Å². The molecule has 0 aliphatic heterocycles. The van der Waals surface area contributed by atoms with Crippen molar-refractivity contribution in [3.05, 3.63) is 22.8 Å². The highest BCUT2D eigenvalue weighted by Gasteiger charge is 2.04. The van der Waals surface area contributed by atoms with Gasteiger partial charge in [-0.1, -0.05) is 12.2 Å². The molecule has 0 aromatic carbocycles. The normalized spacial score (nSPS) is 10.5. The molecule has 1 aromatic rings. The lowest BCUT2D eigenvalue weighted by Gasteiger charge is -2.04. The number of nitrogens with zero attached hydrogens (tertiary/aromatic N) is 2. The van der Waals surface area contributed by atoms with Crippen LogP contribution in [0.4, 0.5) is 0 Å². The smallest absolute Gasteiger partial charge is 0.320 e. The molecule has 1 rings (SSSR count). The van der Waals surface area contributed by atoms with Crippen LogP contribution in [0, 0.1) is 0 Å². The SMILES string of the molecule is C/C=C/COc1ncc(Br)c(OC)n1. The van der Waals surface area contributed by atoms with Gasteiger partial charge in [0.05, 0.1) is 17.8 Å². The van der Waals surface area contributed by atoms with Crippen LogP contribution in [0.5, 0.6) is 11.9 Å². The lowest BCUT2D eigenvalue weighted by atomic mass is 10.5. The van der Waals surface area contributed by atoms with E-state index < -0.39 is 0 Å². The van der Waals surface area contributed by atoms with Gasteiger partial charge in [0, 0.05) is 0 Å². The average molecular weight is 259 g/mol. The third kappa shape index (κ3) is 2.99. The number of hydrogen-bond acceptors (Lipinski definition) is 4. The van der Waals surface area contributed by atoms with Crippen LogP contribution in [0.3, 0.4) is 0 Å². The minimum Gasteiger partial charge on any atom is -0.480 e. The topological polar surface area (TPSA) is 44.2 Å². The van der Waals surface area contributed by atoms with Gasteiger partial charge in [-0.15, -0.1) is 0 Å².